The first kappa shape index (κ1) is 27.7. The van der Waals surface area contributed by atoms with Crippen molar-refractivity contribution in [3.8, 4) is 33.8 Å². The van der Waals surface area contributed by atoms with E-state index >= 15 is 0 Å². The summed E-state index contributed by atoms with van der Waals surface area (Å²) in [6, 6.07) is 31.5. The molecule has 0 aliphatic carbocycles. The number of fused-ring (bicyclic) bond motifs is 9. The van der Waals surface area contributed by atoms with Crippen LogP contribution in [0.3, 0.4) is 0 Å². The van der Waals surface area contributed by atoms with Crippen LogP contribution in [-0.2, 0) is 12.8 Å². The molecule has 2 aliphatic rings. The van der Waals surface area contributed by atoms with E-state index in [1.165, 1.54) is 39.1 Å². The molecule has 2 unspecified atom stereocenters. The third-order valence-electron chi connectivity index (χ3n) is 9.56. The number of hydrogen-bond donors (Lipinski definition) is 0. The Labute approximate surface area is 257 Å². The summed E-state index contributed by atoms with van der Waals surface area (Å²) in [5, 5.41) is 1.58. The van der Waals surface area contributed by atoms with Gasteiger partial charge in [-0.25, -0.2) is 4.98 Å². The van der Waals surface area contributed by atoms with Crippen LogP contribution < -0.4 is 14.3 Å². The minimum absolute atomic E-state index is 0.283. The molecule has 0 bridgehead atoms. The minimum atomic E-state index is -1.56. The molecule has 43 heavy (non-hydrogen) atoms. The number of rotatable bonds is 3. The van der Waals surface area contributed by atoms with Gasteiger partial charge in [0.15, 0.2) is 24.1 Å². The number of allylic oxidation sites excluding steroid dienone is 1. The lowest BCUT2D eigenvalue weighted by molar-refractivity contribution is -0.719. The largest absolute Gasteiger partial charge is 0.250 e. The Morgan fingerprint density at radius 1 is 0.884 bits per heavy atom. The van der Waals surface area contributed by atoms with Crippen molar-refractivity contribution < 1.29 is 9.13 Å². The highest BCUT2D eigenvalue weighted by molar-refractivity contribution is 6.89. The maximum Gasteiger partial charge on any atom is 0.237 e. The van der Waals surface area contributed by atoms with Crippen molar-refractivity contribution in [2.24, 2.45) is 0 Å². The fourth-order valence-corrected chi connectivity index (χ4v) is 9.14. The zero-order valence-corrected chi connectivity index (χ0v) is 26.8. The Kier molecular flexibility index (Phi) is 6.98. The molecule has 0 N–H and O–H groups in total. The van der Waals surface area contributed by atoms with E-state index in [1.807, 2.05) is 6.20 Å². The molecule has 2 aromatic carbocycles. The van der Waals surface area contributed by atoms with E-state index in [0.717, 1.165) is 42.8 Å². The maximum atomic E-state index is 4.98. The molecule has 7 rings (SSSR count). The lowest BCUT2D eigenvalue weighted by Gasteiger charge is -2.32. The molecule has 0 amide bonds. The number of aryl methyl sites for hydroxylation is 2. The molecule has 3 aromatic heterocycles. The van der Waals surface area contributed by atoms with Gasteiger partial charge >= 0.3 is 0 Å². The second-order valence-corrected chi connectivity index (χ2v) is 18.3. The van der Waals surface area contributed by atoms with Gasteiger partial charge in [0, 0.05) is 41.1 Å². The Morgan fingerprint density at radius 3 is 2.47 bits per heavy atom. The van der Waals surface area contributed by atoms with Gasteiger partial charge in [0.2, 0.25) is 11.4 Å². The molecule has 0 saturated heterocycles. The molecule has 214 valence electrons. The van der Waals surface area contributed by atoms with Crippen LogP contribution in [0, 0.1) is 0 Å². The van der Waals surface area contributed by atoms with Crippen LogP contribution in [0.5, 0.6) is 0 Å². The normalized spacial score (nSPS) is 17.6. The fourth-order valence-electron chi connectivity index (χ4n) is 7.40. The van der Waals surface area contributed by atoms with Crippen molar-refractivity contribution in [1.82, 2.24) is 4.98 Å². The smallest absolute Gasteiger partial charge is 0.237 e. The lowest BCUT2D eigenvalue weighted by atomic mass is 9.77. The van der Waals surface area contributed by atoms with E-state index in [2.05, 4.69) is 133 Å². The monoisotopic (exact) mass is 579 g/mol. The number of pyridine rings is 3. The van der Waals surface area contributed by atoms with Crippen LogP contribution in [0.25, 0.3) is 39.5 Å². The van der Waals surface area contributed by atoms with Gasteiger partial charge in [0.1, 0.15) is 5.69 Å². The molecule has 4 heteroatoms. The number of benzene rings is 2. The minimum Gasteiger partial charge on any atom is -0.250 e. The van der Waals surface area contributed by atoms with Gasteiger partial charge in [0.05, 0.1) is 14.5 Å². The summed E-state index contributed by atoms with van der Waals surface area (Å²) in [6.45, 7) is 14.5. The van der Waals surface area contributed by atoms with Gasteiger partial charge in [-0.2, -0.15) is 9.13 Å². The van der Waals surface area contributed by atoms with Gasteiger partial charge in [-0.05, 0) is 65.8 Å². The first-order chi connectivity index (χ1) is 20.8. The first-order valence-corrected chi connectivity index (χ1v) is 19.2. The number of nitrogens with zero attached hydrogens (tertiary/aromatic N) is 3. The fraction of sp³-hybridized carbons (Fsp3) is 0.256. The zero-order chi connectivity index (χ0) is 29.7. The Bertz CT molecular complexity index is 1850. The molecule has 0 fully saturated rings. The maximum absolute atomic E-state index is 4.98. The number of hydrogen-bond acceptors (Lipinski definition) is 1. The van der Waals surface area contributed by atoms with Gasteiger partial charge in [-0.3, -0.25) is 0 Å². The summed E-state index contributed by atoms with van der Waals surface area (Å²) in [5.41, 5.74) is 12.7. The SMILES string of the molecule is C=C1CC2C(CCc3cccnc3-c3cc(-c4ccccc4)cc[n+]31)c1ccccc1-c1cc(CC)c([Si](C)(C)C)c[n+]12. The van der Waals surface area contributed by atoms with E-state index in [1.54, 1.807) is 5.19 Å². The average molecular weight is 580 g/mol. The van der Waals surface area contributed by atoms with Crippen LogP contribution in [0.2, 0.25) is 19.6 Å². The second-order valence-electron chi connectivity index (χ2n) is 13.2. The topological polar surface area (TPSA) is 20.6 Å². The van der Waals surface area contributed by atoms with Crippen molar-refractivity contribution in [3.63, 3.8) is 0 Å². The highest BCUT2D eigenvalue weighted by Crippen LogP contribution is 2.44. The van der Waals surface area contributed by atoms with Crippen LogP contribution in [0.4, 0.5) is 0 Å². The Hall–Kier alpha value is -4.15. The van der Waals surface area contributed by atoms with Crippen molar-refractivity contribution >= 4 is 19.0 Å². The third-order valence-corrected chi connectivity index (χ3v) is 11.6. The van der Waals surface area contributed by atoms with Crippen LogP contribution in [-0.4, -0.2) is 13.1 Å². The molecule has 5 heterocycles. The molecule has 5 aromatic rings. The first-order valence-electron chi connectivity index (χ1n) is 15.7. The van der Waals surface area contributed by atoms with Crippen LogP contribution in [0.1, 0.15) is 48.4 Å². The molecule has 0 spiro atoms. The third kappa shape index (κ3) is 4.88. The van der Waals surface area contributed by atoms with E-state index < -0.39 is 8.07 Å². The summed E-state index contributed by atoms with van der Waals surface area (Å²) in [4.78, 5) is 4.98. The second kappa shape index (κ2) is 10.8. The van der Waals surface area contributed by atoms with Crippen molar-refractivity contribution in [1.29, 1.82) is 0 Å². The zero-order valence-electron chi connectivity index (χ0n) is 25.8. The molecule has 0 radical (unpaired) electrons. The van der Waals surface area contributed by atoms with Gasteiger partial charge in [-0.1, -0.05) is 81.2 Å². The molecule has 2 atom stereocenters. The Balaban J connectivity index is 1.43. The summed E-state index contributed by atoms with van der Waals surface area (Å²) in [7, 11) is -1.56. The standard InChI is InChI=1S/C39H41N3Si/c1-6-28-24-36-33-17-11-10-16-32(33)34-19-18-30-15-12-21-40-39(30)37-25-31(29-13-8-7-9-14-29)20-22-41(37)27(2)23-35(34)42(36)26-38(28)43(3,4)5/h7-17,20-22,24-26,34-35H,2,6,18-19,23H2,1,3-5H3/q+2. The van der Waals surface area contributed by atoms with E-state index in [0.29, 0.717) is 5.92 Å². The van der Waals surface area contributed by atoms with Crippen molar-refractivity contribution in [2.75, 3.05) is 0 Å². The predicted octanol–water partition coefficient (Wildman–Crippen LogP) is 7.91. The van der Waals surface area contributed by atoms with Crippen LogP contribution in [0.15, 0.2) is 110 Å². The van der Waals surface area contributed by atoms with Gasteiger partial charge in [-0.15, -0.1) is 0 Å². The number of aromatic nitrogens is 3. The van der Waals surface area contributed by atoms with E-state index in [-0.39, 0.29) is 6.04 Å². The molecule has 0 saturated carbocycles. The quantitative estimate of drug-likeness (QED) is 0.157. The highest BCUT2D eigenvalue weighted by atomic mass is 28.3. The molecule has 2 aliphatic heterocycles. The summed E-state index contributed by atoms with van der Waals surface area (Å²) in [6.07, 6.45) is 10.7. The van der Waals surface area contributed by atoms with Crippen molar-refractivity contribution in [2.45, 2.75) is 64.2 Å². The molecule has 3 nitrogen and oxygen atoms in total. The highest BCUT2D eigenvalue weighted by Gasteiger charge is 2.43. The molecular formula is C39H41N3Si+2. The average Bonchev–Trinajstić information content (AvgIpc) is 3.03. The predicted molar refractivity (Wildman–Crippen MR) is 180 cm³/mol. The molecular weight excluding hydrogens is 539 g/mol. The van der Waals surface area contributed by atoms with E-state index in [4.69, 9.17) is 11.6 Å². The van der Waals surface area contributed by atoms with Crippen molar-refractivity contribution in [3.05, 3.63) is 127 Å². The summed E-state index contributed by atoms with van der Waals surface area (Å²) >= 11 is 0. The summed E-state index contributed by atoms with van der Waals surface area (Å²) in [5.74, 6) is 0.381. The van der Waals surface area contributed by atoms with Gasteiger partial charge in [0.25, 0.3) is 0 Å². The van der Waals surface area contributed by atoms with Gasteiger partial charge < -0.3 is 0 Å². The van der Waals surface area contributed by atoms with E-state index in [9.17, 15) is 0 Å². The van der Waals surface area contributed by atoms with Crippen LogP contribution >= 0.6 is 0 Å². The summed E-state index contributed by atoms with van der Waals surface area (Å²) < 4.78 is 4.95. The Morgan fingerprint density at radius 2 is 1.67 bits per heavy atom. The lowest BCUT2D eigenvalue weighted by Crippen LogP contribution is -2.54.